The molecular weight excluding hydrogens is 226 g/mol. The minimum Gasteiger partial charge on any atom is -0.392 e. The van der Waals surface area contributed by atoms with Crippen LogP contribution in [0, 0.1) is 0 Å². The van der Waals surface area contributed by atoms with Crippen LogP contribution < -0.4 is 16.0 Å². The molecule has 0 aromatic carbocycles. The Labute approximate surface area is 111 Å². The molecule has 0 spiro atoms. The van der Waals surface area contributed by atoms with Crippen molar-refractivity contribution in [3.63, 3.8) is 0 Å². The molecule has 4 heteroatoms. The van der Waals surface area contributed by atoms with Crippen LogP contribution in [-0.2, 0) is 4.79 Å². The zero-order chi connectivity index (χ0) is 13.8. The van der Waals surface area contributed by atoms with Crippen molar-refractivity contribution in [2.45, 2.75) is 38.6 Å². The highest BCUT2D eigenvalue weighted by atomic mass is 16.1. The van der Waals surface area contributed by atoms with E-state index in [0.717, 1.165) is 32.0 Å². The molecular formula is C14H27N3O. The summed E-state index contributed by atoms with van der Waals surface area (Å²) < 4.78 is 0. The summed E-state index contributed by atoms with van der Waals surface area (Å²) in [7, 11) is 5.68. The van der Waals surface area contributed by atoms with Crippen LogP contribution in [0.4, 0.5) is 0 Å². The highest BCUT2D eigenvalue weighted by Gasteiger charge is 2.01. The Balaban J connectivity index is 4.04. The fraction of sp³-hybridized carbons (Fsp3) is 0.643. The van der Waals surface area contributed by atoms with Gasteiger partial charge in [0.2, 0.25) is 0 Å². The van der Waals surface area contributed by atoms with E-state index in [1.165, 1.54) is 11.4 Å². The van der Waals surface area contributed by atoms with Gasteiger partial charge in [-0.25, -0.2) is 0 Å². The lowest BCUT2D eigenvalue weighted by molar-refractivity contribution is -0.109. The monoisotopic (exact) mass is 253 g/mol. The molecule has 0 aliphatic heterocycles. The van der Waals surface area contributed by atoms with Crippen molar-refractivity contribution >= 4 is 6.29 Å². The number of allylic oxidation sites excluding steroid dienone is 4. The van der Waals surface area contributed by atoms with E-state index in [4.69, 9.17) is 0 Å². The van der Waals surface area contributed by atoms with E-state index in [2.05, 4.69) is 35.0 Å². The molecule has 0 radical (unpaired) electrons. The Kier molecular flexibility index (Phi) is 10.1. The van der Waals surface area contributed by atoms with E-state index in [0.29, 0.717) is 0 Å². The molecule has 0 bridgehead atoms. The van der Waals surface area contributed by atoms with Crippen LogP contribution in [0.15, 0.2) is 23.5 Å². The number of rotatable bonds is 10. The fourth-order valence-electron chi connectivity index (χ4n) is 1.59. The summed E-state index contributed by atoms with van der Waals surface area (Å²) in [5.74, 6) is 0. The second-order valence-corrected chi connectivity index (χ2v) is 4.26. The van der Waals surface area contributed by atoms with Gasteiger partial charge in [-0.2, -0.15) is 0 Å². The van der Waals surface area contributed by atoms with Gasteiger partial charge in [0.25, 0.3) is 0 Å². The van der Waals surface area contributed by atoms with Crippen LogP contribution in [-0.4, -0.2) is 33.5 Å². The predicted octanol–water partition coefficient (Wildman–Crippen LogP) is 1.56. The summed E-state index contributed by atoms with van der Waals surface area (Å²) >= 11 is 0. The zero-order valence-corrected chi connectivity index (χ0v) is 12.0. The van der Waals surface area contributed by atoms with Crippen LogP contribution in [0.25, 0.3) is 0 Å². The summed E-state index contributed by atoms with van der Waals surface area (Å²) in [5.41, 5.74) is 2.43. The molecule has 0 aliphatic rings. The average molecular weight is 253 g/mol. The third-order valence-electron chi connectivity index (χ3n) is 2.98. The Hall–Kier alpha value is -1.29. The molecule has 0 amide bonds. The van der Waals surface area contributed by atoms with Crippen molar-refractivity contribution in [2.24, 2.45) is 0 Å². The van der Waals surface area contributed by atoms with Gasteiger partial charge in [-0.3, -0.25) is 0 Å². The van der Waals surface area contributed by atoms with Gasteiger partial charge in [0, 0.05) is 25.5 Å². The standard InChI is InChI=1S/C14H27N3O/c1-12(15-2)7-5-8-13(16-3)9-6-10-14(11-18)17-4/h7,9,11,14-17H,5-6,8,10H2,1-4H3. The van der Waals surface area contributed by atoms with Crippen molar-refractivity contribution < 1.29 is 4.79 Å². The van der Waals surface area contributed by atoms with E-state index in [9.17, 15) is 4.79 Å². The van der Waals surface area contributed by atoms with Gasteiger partial charge in [0.1, 0.15) is 6.29 Å². The number of carbonyl (C=O) groups is 1. The van der Waals surface area contributed by atoms with Gasteiger partial charge in [0.15, 0.2) is 0 Å². The van der Waals surface area contributed by atoms with Crippen LogP contribution >= 0.6 is 0 Å². The first-order valence-corrected chi connectivity index (χ1v) is 6.51. The van der Waals surface area contributed by atoms with E-state index in [1.54, 1.807) is 0 Å². The van der Waals surface area contributed by atoms with Gasteiger partial charge in [-0.05, 0) is 39.7 Å². The Bertz CT molecular complexity index is 285. The van der Waals surface area contributed by atoms with E-state index in [1.807, 2.05) is 21.1 Å². The molecule has 0 fully saturated rings. The molecule has 18 heavy (non-hydrogen) atoms. The normalized spacial score (nSPS) is 14.2. The zero-order valence-electron chi connectivity index (χ0n) is 12.0. The van der Waals surface area contributed by atoms with Gasteiger partial charge in [0.05, 0.1) is 6.04 Å². The maximum atomic E-state index is 10.6. The van der Waals surface area contributed by atoms with Crippen LogP contribution in [0.5, 0.6) is 0 Å². The summed E-state index contributed by atoms with van der Waals surface area (Å²) in [6, 6.07) is -0.0363. The lowest BCUT2D eigenvalue weighted by Crippen LogP contribution is -2.26. The molecule has 3 N–H and O–H groups in total. The maximum absolute atomic E-state index is 10.6. The lowest BCUT2D eigenvalue weighted by Gasteiger charge is -2.09. The second-order valence-electron chi connectivity index (χ2n) is 4.26. The molecule has 0 saturated carbocycles. The Morgan fingerprint density at radius 1 is 1.11 bits per heavy atom. The number of aldehydes is 1. The van der Waals surface area contributed by atoms with Crippen LogP contribution in [0.1, 0.15) is 32.6 Å². The largest absolute Gasteiger partial charge is 0.392 e. The molecule has 1 atom stereocenters. The first-order valence-electron chi connectivity index (χ1n) is 6.51. The number of nitrogens with one attached hydrogen (secondary N) is 3. The smallest absolute Gasteiger partial charge is 0.136 e. The molecule has 0 heterocycles. The summed E-state index contributed by atoms with van der Waals surface area (Å²) in [5, 5.41) is 9.28. The van der Waals surface area contributed by atoms with Crippen molar-refractivity contribution in [2.75, 3.05) is 21.1 Å². The highest BCUT2D eigenvalue weighted by molar-refractivity contribution is 5.57. The summed E-state index contributed by atoms with van der Waals surface area (Å²) in [6.45, 7) is 2.06. The Morgan fingerprint density at radius 2 is 1.83 bits per heavy atom. The molecule has 1 unspecified atom stereocenters. The number of hydrogen-bond acceptors (Lipinski definition) is 4. The number of likely N-dealkylation sites (N-methyl/N-ethyl adjacent to an activating group) is 1. The quantitative estimate of drug-likeness (QED) is 0.517. The van der Waals surface area contributed by atoms with Crippen LogP contribution in [0.2, 0.25) is 0 Å². The molecule has 4 nitrogen and oxygen atoms in total. The molecule has 0 aliphatic carbocycles. The second kappa shape index (κ2) is 10.8. The van der Waals surface area contributed by atoms with E-state index in [-0.39, 0.29) is 6.04 Å². The van der Waals surface area contributed by atoms with Gasteiger partial charge in [-0.1, -0.05) is 12.2 Å². The first-order chi connectivity index (χ1) is 8.67. The van der Waals surface area contributed by atoms with Gasteiger partial charge < -0.3 is 20.7 Å². The fourth-order valence-corrected chi connectivity index (χ4v) is 1.59. The Morgan fingerprint density at radius 3 is 2.33 bits per heavy atom. The minimum absolute atomic E-state index is 0.0363. The number of carbonyl (C=O) groups excluding carboxylic acids is 1. The molecule has 104 valence electrons. The summed E-state index contributed by atoms with van der Waals surface area (Å²) in [4.78, 5) is 10.6. The van der Waals surface area contributed by atoms with E-state index < -0.39 is 0 Å². The number of hydrogen-bond donors (Lipinski definition) is 3. The van der Waals surface area contributed by atoms with Crippen molar-refractivity contribution in [1.29, 1.82) is 0 Å². The molecule has 0 aromatic heterocycles. The molecule has 0 rings (SSSR count). The van der Waals surface area contributed by atoms with Crippen molar-refractivity contribution in [1.82, 2.24) is 16.0 Å². The third kappa shape index (κ3) is 7.90. The van der Waals surface area contributed by atoms with Crippen molar-refractivity contribution in [3.05, 3.63) is 23.5 Å². The maximum Gasteiger partial charge on any atom is 0.136 e. The van der Waals surface area contributed by atoms with E-state index >= 15 is 0 Å². The SMILES string of the molecule is CNC(C)=CCCC(=CCCC(C=O)NC)NC. The molecule has 0 aromatic rings. The molecule has 0 saturated heterocycles. The first kappa shape index (κ1) is 16.7. The summed E-state index contributed by atoms with van der Waals surface area (Å²) in [6.07, 6.45) is 9.10. The van der Waals surface area contributed by atoms with Crippen molar-refractivity contribution in [3.8, 4) is 0 Å². The third-order valence-corrected chi connectivity index (χ3v) is 2.98. The van der Waals surface area contributed by atoms with Gasteiger partial charge >= 0.3 is 0 Å². The average Bonchev–Trinajstić information content (AvgIpc) is 2.41. The topological polar surface area (TPSA) is 53.2 Å². The minimum atomic E-state index is -0.0363. The predicted molar refractivity (Wildman–Crippen MR) is 77.3 cm³/mol. The highest BCUT2D eigenvalue weighted by Crippen LogP contribution is 2.06. The lowest BCUT2D eigenvalue weighted by atomic mass is 10.1. The van der Waals surface area contributed by atoms with Crippen LogP contribution in [0.3, 0.4) is 0 Å². The van der Waals surface area contributed by atoms with Gasteiger partial charge in [-0.15, -0.1) is 0 Å².